The summed E-state index contributed by atoms with van der Waals surface area (Å²) < 4.78 is 11.2. The first-order valence-electron chi connectivity index (χ1n) is 6.87. The minimum atomic E-state index is 0.796. The number of likely N-dealkylation sites (N-methyl/N-ethyl adjacent to an activating group) is 1. The van der Waals surface area contributed by atoms with Gasteiger partial charge >= 0.3 is 0 Å². The molecule has 0 spiro atoms. The molecule has 0 aromatic heterocycles. The van der Waals surface area contributed by atoms with Crippen LogP contribution in [-0.2, 0) is 19.5 Å². The highest BCUT2D eigenvalue weighted by molar-refractivity contribution is 5.54. The van der Waals surface area contributed by atoms with Crippen LogP contribution in [0, 0.1) is 0 Å². The molecular weight excluding hydrogens is 240 g/mol. The summed E-state index contributed by atoms with van der Waals surface area (Å²) >= 11 is 0. The number of hydrogen-bond donors (Lipinski definition) is 1. The molecule has 1 aliphatic heterocycles. The Kier molecular flexibility index (Phi) is 4.66. The van der Waals surface area contributed by atoms with E-state index in [-0.39, 0.29) is 0 Å². The summed E-state index contributed by atoms with van der Waals surface area (Å²) in [7, 11) is 5.45. The van der Waals surface area contributed by atoms with Gasteiger partial charge in [-0.3, -0.25) is 4.90 Å². The summed E-state index contributed by atoms with van der Waals surface area (Å²) in [5, 5.41) is 3.19. The third-order valence-corrected chi connectivity index (χ3v) is 3.83. The molecule has 1 heterocycles. The largest absolute Gasteiger partial charge is 0.496 e. The Balaban J connectivity index is 2.49. The average molecular weight is 264 g/mol. The Labute approximate surface area is 115 Å². The molecule has 4 heteroatoms. The molecule has 0 amide bonds. The first kappa shape index (κ1) is 14.2. The van der Waals surface area contributed by atoms with E-state index in [1.165, 1.54) is 16.7 Å². The molecule has 1 aromatic carbocycles. The molecule has 0 saturated carbocycles. The van der Waals surface area contributed by atoms with Crippen LogP contribution in [0.2, 0.25) is 0 Å². The zero-order valence-corrected chi connectivity index (χ0v) is 12.4. The van der Waals surface area contributed by atoms with E-state index < -0.39 is 0 Å². The van der Waals surface area contributed by atoms with Crippen molar-refractivity contribution in [2.24, 2.45) is 0 Å². The molecule has 0 saturated heterocycles. The molecule has 0 fully saturated rings. The normalized spacial score (nSPS) is 15.2. The Morgan fingerprint density at radius 2 is 2.05 bits per heavy atom. The molecule has 1 aliphatic rings. The van der Waals surface area contributed by atoms with Gasteiger partial charge in [0.25, 0.3) is 0 Å². The van der Waals surface area contributed by atoms with E-state index in [0.717, 1.165) is 44.1 Å². The third-order valence-electron chi connectivity index (χ3n) is 3.83. The van der Waals surface area contributed by atoms with Gasteiger partial charge in [0.2, 0.25) is 0 Å². The van der Waals surface area contributed by atoms with Crippen LogP contribution in [0.5, 0.6) is 11.5 Å². The maximum Gasteiger partial charge on any atom is 0.127 e. The minimum Gasteiger partial charge on any atom is -0.496 e. The van der Waals surface area contributed by atoms with Crippen molar-refractivity contribution >= 4 is 0 Å². The second-order valence-electron chi connectivity index (χ2n) is 4.88. The fourth-order valence-electron chi connectivity index (χ4n) is 2.83. The molecule has 106 valence electrons. The predicted molar refractivity (Wildman–Crippen MR) is 77.0 cm³/mol. The van der Waals surface area contributed by atoms with Gasteiger partial charge in [0.1, 0.15) is 11.5 Å². The van der Waals surface area contributed by atoms with Crippen molar-refractivity contribution in [2.75, 3.05) is 34.4 Å². The number of fused-ring (bicyclic) bond motifs is 1. The lowest BCUT2D eigenvalue weighted by molar-refractivity contribution is 0.257. The van der Waals surface area contributed by atoms with E-state index in [1.54, 1.807) is 14.2 Å². The van der Waals surface area contributed by atoms with E-state index in [2.05, 4.69) is 23.2 Å². The van der Waals surface area contributed by atoms with Gasteiger partial charge in [-0.2, -0.15) is 0 Å². The average Bonchev–Trinajstić information content (AvgIpc) is 2.46. The van der Waals surface area contributed by atoms with Crippen LogP contribution in [0.15, 0.2) is 6.07 Å². The summed E-state index contributed by atoms with van der Waals surface area (Å²) in [6.45, 7) is 6.11. The molecule has 19 heavy (non-hydrogen) atoms. The summed E-state index contributed by atoms with van der Waals surface area (Å²) in [5.74, 6) is 2.01. The monoisotopic (exact) mass is 264 g/mol. The molecule has 0 aliphatic carbocycles. The molecule has 0 unspecified atom stereocenters. The van der Waals surface area contributed by atoms with Gasteiger partial charge in [0, 0.05) is 36.3 Å². The zero-order chi connectivity index (χ0) is 13.8. The maximum absolute atomic E-state index is 5.65. The summed E-state index contributed by atoms with van der Waals surface area (Å²) in [6.07, 6.45) is 1.03. The summed E-state index contributed by atoms with van der Waals surface area (Å²) in [6, 6.07) is 2.10. The minimum absolute atomic E-state index is 0.796. The van der Waals surface area contributed by atoms with E-state index in [1.807, 2.05) is 7.05 Å². The highest BCUT2D eigenvalue weighted by Gasteiger charge is 2.24. The van der Waals surface area contributed by atoms with Crippen molar-refractivity contribution in [3.8, 4) is 11.5 Å². The SMILES string of the molecule is CCN1CCc2c(c(OC)cc(CNC)c2OC)C1. The quantitative estimate of drug-likeness (QED) is 0.879. The Morgan fingerprint density at radius 3 is 2.63 bits per heavy atom. The van der Waals surface area contributed by atoms with Gasteiger partial charge in [-0.05, 0) is 26.1 Å². The number of methoxy groups -OCH3 is 2. The lowest BCUT2D eigenvalue weighted by atomic mass is 9.94. The fraction of sp³-hybridized carbons (Fsp3) is 0.600. The molecule has 1 aromatic rings. The van der Waals surface area contributed by atoms with Crippen LogP contribution in [0.3, 0.4) is 0 Å². The fourth-order valence-corrected chi connectivity index (χ4v) is 2.83. The second-order valence-corrected chi connectivity index (χ2v) is 4.88. The van der Waals surface area contributed by atoms with E-state index in [4.69, 9.17) is 9.47 Å². The maximum atomic E-state index is 5.65. The first-order valence-corrected chi connectivity index (χ1v) is 6.87. The topological polar surface area (TPSA) is 33.7 Å². The van der Waals surface area contributed by atoms with E-state index in [9.17, 15) is 0 Å². The Morgan fingerprint density at radius 1 is 1.26 bits per heavy atom. The van der Waals surface area contributed by atoms with Gasteiger partial charge in [0.15, 0.2) is 0 Å². The molecule has 2 rings (SSSR count). The van der Waals surface area contributed by atoms with Crippen molar-refractivity contribution in [3.05, 3.63) is 22.8 Å². The molecular formula is C15H24N2O2. The molecule has 1 N–H and O–H groups in total. The second kappa shape index (κ2) is 6.26. The van der Waals surface area contributed by atoms with Crippen molar-refractivity contribution in [2.45, 2.75) is 26.4 Å². The number of nitrogens with zero attached hydrogens (tertiary/aromatic N) is 1. The third kappa shape index (κ3) is 2.69. The standard InChI is InChI=1S/C15H24N2O2/c1-5-17-7-6-12-13(10-17)14(18-3)8-11(9-16-2)15(12)19-4/h8,16H,5-7,9-10H2,1-4H3. The summed E-state index contributed by atoms with van der Waals surface area (Å²) in [5.41, 5.74) is 3.77. The smallest absolute Gasteiger partial charge is 0.127 e. The van der Waals surface area contributed by atoms with Gasteiger partial charge in [-0.15, -0.1) is 0 Å². The van der Waals surface area contributed by atoms with Crippen LogP contribution in [0.4, 0.5) is 0 Å². The number of benzene rings is 1. The highest BCUT2D eigenvalue weighted by atomic mass is 16.5. The van der Waals surface area contributed by atoms with Crippen molar-refractivity contribution < 1.29 is 9.47 Å². The molecule has 4 nitrogen and oxygen atoms in total. The van der Waals surface area contributed by atoms with Gasteiger partial charge in [0.05, 0.1) is 14.2 Å². The van der Waals surface area contributed by atoms with E-state index >= 15 is 0 Å². The van der Waals surface area contributed by atoms with Crippen LogP contribution in [0.25, 0.3) is 0 Å². The summed E-state index contributed by atoms with van der Waals surface area (Å²) in [4.78, 5) is 2.43. The van der Waals surface area contributed by atoms with Crippen LogP contribution in [-0.4, -0.2) is 39.3 Å². The van der Waals surface area contributed by atoms with Crippen LogP contribution >= 0.6 is 0 Å². The van der Waals surface area contributed by atoms with Crippen LogP contribution in [0.1, 0.15) is 23.6 Å². The number of rotatable bonds is 5. The number of nitrogens with one attached hydrogen (secondary N) is 1. The zero-order valence-electron chi connectivity index (χ0n) is 12.4. The Bertz CT molecular complexity index is 446. The van der Waals surface area contributed by atoms with Crippen molar-refractivity contribution in [3.63, 3.8) is 0 Å². The van der Waals surface area contributed by atoms with Gasteiger partial charge in [-0.25, -0.2) is 0 Å². The van der Waals surface area contributed by atoms with Crippen molar-refractivity contribution in [1.82, 2.24) is 10.2 Å². The highest BCUT2D eigenvalue weighted by Crippen LogP contribution is 2.37. The number of hydrogen-bond acceptors (Lipinski definition) is 4. The molecule has 0 bridgehead atoms. The first-order chi connectivity index (χ1) is 9.24. The van der Waals surface area contributed by atoms with Crippen molar-refractivity contribution in [1.29, 1.82) is 0 Å². The van der Waals surface area contributed by atoms with Gasteiger partial charge < -0.3 is 14.8 Å². The van der Waals surface area contributed by atoms with E-state index in [0.29, 0.717) is 0 Å². The van der Waals surface area contributed by atoms with Gasteiger partial charge in [-0.1, -0.05) is 6.92 Å². The van der Waals surface area contributed by atoms with Crippen LogP contribution < -0.4 is 14.8 Å². The Hall–Kier alpha value is -1.26. The molecule has 0 radical (unpaired) electrons. The lowest BCUT2D eigenvalue weighted by Crippen LogP contribution is -2.31. The lowest BCUT2D eigenvalue weighted by Gasteiger charge is -2.31. The molecule has 0 atom stereocenters. The number of ether oxygens (including phenoxy) is 2. The predicted octanol–water partition coefficient (Wildman–Crippen LogP) is 1.80.